The highest BCUT2D eigenvalue weighted by Crippen LogP contribution is 2.44. The van der Waals surface area contributed by atoms with E-state index in [1.165, 1.54) is 46.2 Å². The molecule has 2 saturated heterocycles. The summed E-state index contributed by atoms with van der Waals surface area (Å²) in [6.07, 6.45) is 0. The van der Waals surface area contributed by atoms with E-state index in [9.17, 15) is 18.4 Å². The molecule has 2 aliphatic heterocycles. The average molecular weight is 451 g/mol. The van der Waals surface area contributed by atoms with Crippen molar-refractivity contribution in [2.24, 2.45) is 0 Å². The number of carbonyl (C=O) groups is 2. The number of halogens is 2. The second kappa shape index (κ2) is 7.36. The number of amides is 2. The highest BCUT2D eigenvalue weighted by molar-refractivity contribution is 8.30. The molecule has 0 N–H and O–H groups in total. The molecule has 4 nitrogen and oxygen atoms in total. The van der Waals surface area contributed by atoms with Gasteiger partial charge in [-0.25, -0.2) is 8.78 Å². The third kappa shape index (κ3) is 3.26. The molecule has 0 aliphatic carbocycles. The first-order chi connectivity index (χ1) is 13.4. The number of rotatable bonds is 2. The normalized spacial score (nSPS) is 19.9. The largest absolute Gasteiger partial charge is 0.272 e. The quantitative estimate of drug-likeness (QED) is 0.492. The second-order valence-corrected chi connectivity index (χ2v) is 8.92. The van der Waals surface area contributed by atoms with E-state index in [0.717, 1.165) is 23.5 Å². The summed E-state index contributed by atoms with van der Waals surface area (Å²) >= 11 is 12.4. The van der Waals surface area contributed by atoms with Gasteiger partial charge in [0.2, 0.25) is 0 Å². The summed E-state index contributed by atoms with van der Waals surface area (Å²) in [5.41, 5.74) is 0.552. The van der Waals surface area contributed by atoms with Crippen LogP contribution in [-0.2, 0) is 9.59 Å². The lowest BCUT2D eigenvalue weighted by Crippen LogP contribution is -2.29. The summed E-state index contributed by atoms with van der Waals surface area (Å²) in [6, 6.07) is 10.9. The van der Waals surface area contributed by atoms with Crippen LogP contribution in [-0.4, -0.2) is 20.5 Å². The van der Waals surface area contributed by atoms with E-state index in [4.69, 9.17) is 24.4 Å². The SMILES string of the molecule is O=C1C(=C2SC(=S)N(c3cccc(F)c3)C2=O)SC(=S)N1c1cccc(F)c1. The lowest BCUT2D eigenvalue weighted by Gasteiger charge is -2.15. The van der Waals surface area contributed by atoms with Gasteiger partial charge in [-0.05, 0) is 36.4 Å². The lowest BCUT2D eigenvalue weighted by molar-refractivity contribution is -0.115. The minimum Gasteiger partial charge on any atom is -0.268 e. The number of carbonyl (C=O) groups excluding carboxylic acids is 2. The van der Waals surface area contributed by atoms with E-state index in [1.807, 2.05) is 0 Å². The molecule has 28 heavy (non-hydrogen) atoms. The summed E-state index contributed by atoms with van der Waals surface area (Å²) in [7, 11) is 0. The molecule has 140 valence electrons. The van der Waals surface area contributed by atoms with Crippen molar-refractivity contribution in [1.29, 1.82) is 0 Å². The molecule has 2 aromatic rings. The van der Waals surface area contributed by atoms with Crippen molar-refractivity contribution >= 4 is 79.8 Å². The Labute approximate surface area is 177 Å². The van der Waals surface area contributed by atoms with Gasteiger partial charge in [0.1, 0.15) is 11.6 Å². The average Bonchev–Trinajstić information content (AvgIpc) is 3.10. The van der Waals surface area contributed by atoms with E-state index < -0.39 is 23.4 Å². The first-order valence-electron chi connectivity index (χ1n) is 7.75. The zero-order chi connectivity index (χ0) is 20.0. The Kier molecular flexibility index (Phi) is 5.04. The fourth-order valence-corrected chi connectivity index (χ4v) is 5.44. The van der Waals surface area contributed by atoms with Crippen LogP contribution in [0.3, 0.4) is 0 Å². The van der Waals surface area contributed by atoms with Crippen molar-refractivity contribution in [1.82, 2.24) is 0 Å². The first-order valence-corrected chi connectivity index (χ1v) is 10.2. The maximum Gasteiger partial charge on any atom is 0.272 e. The maximum absolute atomic E-state index is 13.5. The second-order valence-electron chi connectivity index (χ2n) is 5.64. The molecule has 0 spiro atoms. The van der Waals surface area contributed by atoms with Crippen LogP contribution >= 0.6 is 48.0 Å². The molecule has 4 rings (SSSR count). The lowest BCUT2D eigenvalue weighted by atomic mass is 10.2. The zero-order valence-corrected chi connectivity index (χ0v) is 17.0. The van der Waals surface area contributed by atoms with Gasteiger partial charge in [-0.15, -0.1) is 0 Å². The van der Waals surface area contributed by atoms with Gasteiger partial charge in [0.05, 0.1) is 21.2 Å². The van der Waals surface area contributed by atoms with Crippen molar-refractivity contribution in [2.45, 2.75) is 0 Å². The summed E-state index contributed by atoms with van der Waals surface area (Å²) in [4.78, 5) is 28.4. The molecule has 10 heteroatoms. The fraction of sp³-hybridized carbons (Fsp3) is 0. The summed E-state index contributed by atoms with van der Waals surface area (Å²) < 4.78 is 27.5. The van der Waals surface area contributed by atoms with Crippen LogP contribution in [0.4, 0.5) is 20.2 Å². The molecular formula is C18H8F2N2O2S4. The topological polar surface area (TPSA) is 40.6 Å². The van der Waals surface area contributed by atoms with Crippen LogP contribution in [0.2, 0.25) is 0 Å². The molecule has 2 aromatic carbocycles. The van der Waals surface area contributed by atoms with Crippen LogP contribution in [0.25, 0.3) is 0 Å². The standard InChI is InChI=1S/C18H8F2N2O2S4/c19-9-3-1-5-11(7-9)21-15(23)13(27-17(21)25)14-16(24)22(18(26)28-14)12-6-2-4-10(20)8-12/h1-8H. The van der Waals surface area contributed by atoms with Crippen LogP contribution in [0.5, 0.6) is 0 Å². The van der Waals surface area contributed by atoms with Crippen LogP contribution in [0.1, 0.15) is 0 Å². The molecule has 0 unspecified atom stereocenters. The van der Waals surface area contributed by atoms with E-state index in [-0.39, 0.29) is 29.8 Å². The van der Waals surface area contributed by atoms with Crippen LogP contribution < -0.4 is 9.80 Å². The van der Waals surface area contributed by atoms with Crippen molar-refractivity contribution in [3.63, 3.8) is 0 Å². The third-order valence-electron chi connectivity index (χ3n) is 3.88. The van der Waals surface area contributed by atoms with Crippen LogP contribution in [0, 0.1) is 11.6 Å². The van der Waals surface area contributed by atoms with Gasteiger partial charge < -0.3 is 0 Å². The predicted octanol–water partition coefficient (Wildman–Crippen LogP) is 4.61. The first kappa shape index (κ1) is 19.2. The Hall–Kier alpha value is -2.14. The van der Waals surface area contributed by atoms with Crippen molar-refractivity contribution in [3.05, 3.63) is 70.0 Å². The van der Waals surface area contributed by atoms with Gasteiger partial charge in [-0.1, -0.05) is 60.1 Å². The van der Waals surface area contributed by atoms with Crippen molar-refractivity contribution in [3.8, 4) is 0 Å². The smallest absolute Gasteiger partial charge is 0.268 e. The Balaban J connectivity index is 1.72. The number of benzene rings is 2. The van der Waals surface area contributed by atoms with Gasteiger partial charge in [0, 0.05) is 0 Å². The number of hydrogen-bond donors (Lipinski definition) is 0. The Morgan fingerprint density at radius 2 is 1.11 bits per heavy atom. The Morgan fingerprint density at radius 3 is 1.46 bits per heavy atom. The molecule has 0 saturated carbocycles. The minimum absolute atomic E-state index is 0.116. The highest BCUT2D eigenvalue weighted by Gasteiger charge is 2.43. The molecule has 2 amide bonds. The number of hydrogen-bond acceptors (Lipinski definition) is 6. The predicted molar refractivity (Wildman–Crippen MR) is 115 cm³/mol. The minimum atomic E-state index is -0.527. The molecule has 0 radical (unpaired) electrons. The van der Waals surface area contributed by atoms with Gasteiger partial charge in [0.25, 0.3) is 11.8 Å². The Morgan fingerprint density at radius 1 is 0.714 bits per heavy atom. The molecule has 0 aromatic heterocycles. The summed E-state index contributed by atoms with van der Waals surface area (Å²) in [5, 5.41) is 0. The zero-order valence-electron chi connectivity index (χ0n) is 13.7. The fourth-order valence-electron chi connectivity index (χ4n) is 2.68. The summed E-state index contributed by atoms with van der Waals surface area (Å²) in [6.45, 7) is 0. The van der Waals surface area contributed by atoms with Gasteiger partial charge >= 0.3 is 0 Å². The number of thioether (sulfide) groups is 2. The molecule has 2 fully saturated rings. The molecule has 0 atom stereocenters. The van der Waals surface area contributed by atoms with Crippen molar-refractivity contribution in [2.75, 3.05) is 9.80 Å². The van der Waals surface area contributed by atoms with E-state index in [1.54, 1.807) is 12.1 Å². The number of nitrogens with zero attached hydrogens (tertiary/aromatic N) is 2. The van der Waals surface area contributed by atoms with Gasteiger partial charge in [0.15, 0.2) is 8.64 Å². The molecule has 0 bridgehead atoms. The monoisotopic (exact) mass is 450 g/mol. The van der Waals surface area contributed by atoms with Gasteiger partial charge in [-0.3, -0.25) is 19.4 Å². The number of thiocarbonyl (C=S) groups is 2. The van der Waals surface area contributed by atoms with E-state index >= 15 is 0 Å². The molecule has 2 aliphatic rings. The van der Waals surface area contributed by atoms with E-state index in [2.05, 4.69) is 0 Å². The Bertz CT molecular complexity index is 1020. The molecular weight excluding hydrogens is 442 g/mol. The van der Waals surface area contributed by atoms with Crippen molar-refractivity contribution < 1.29 is 18.4 Å². The maximum atomic E-state index is 13.5. The third-order valence-corrected chi connectivity index (χ3v) is 6.75. The van der Waals surface area contributed by atoms with Crippen LogP contribution in [0.15, 0.2) is 58.3 Å². The molecule has 2 heterocycles. The number of anilines is 2. The van der Waals surface area contributed by atoms with E-state index in [0.29, 0.717) is 0 Å². The van der Waals surface area contributed by atoms with Gasteiger partial charge in [-0.2, -0.15) is 0 Å². The summed E-state index contributed by atoms with van der Waals surface area (Å²) in [5.74, 6) is -2.08. The highest BCUT2D eigenvalue weighted by atomic mass is 32.2.